The van der Waals surface area contributed by atoms with E-state index in [1.165, 1.54) is 0 Å². The predicted molar refractivity (Wildman–Crippen MR) is 149 cm³/mol. The zero-order valence-corrected chi connectivity index (χ0v) is 23.8. The third-order valence-corrected chi connectivity index (χ3v) is 7.00. The van der Waals surface area contributed by atoms with Crippen molar-refractivity contribution in [3.63, 3.8) is 0 Å². The van der Waals surface area contributed by atoms with Gasteiger partial charge in [-0.2, -0.15) is 10.2 Å². The molecule has 0 saturated carbocycles. The third kappa shape index (κ3) is 5.86. The molecule has 2 unspecified atom stereocenters. The molecule has 2 atom stereocenters. The van der Waals surface area contributed by atoms with Gasteiger partial charge in [0.1, 0.15) is 11.8 Å². The molecule has 1 amide bonds. The molecule has 5 rings (SSSR count). The quantitative estimate of drug-likeness (QED) is 0.307. The van der Waals surface area contributed by atoms with Crippen molar-refractivity contribution in [3.8, 4) is 34.7 Å². The highest BCUT2D eigenvalue weighted by Crippen LogP contribution is 2.49. The van der Waals surface area contributed by atoms with Crippen LogP contribution in [-0.4, -0.2) is 46.2 Å². The molecule has 0 spiro atoms. The van der Waals surface area contributed by atoms with E-state index in [1.54, 1.807) is 25.1 Å². The number of hydrogen-bond donors (Lipinski definition) is 0. The van der Waals surface area contributed by atoms with Gasteiger partial charge in [-0.1, -0.05) is 37.2 Å². The van der Waals surface area contributed by atoms with Gasteiger partial charge in [-0.25, -0.2) is 0 Å². The van der Waals surface area contributed by atoms with Crippen LogP contribution in [0.2, 0.25) is 0 Å². The number of nitrogens with zero attached hydrogens (tertiary/aromatic N) is 4. The van der Waals surface area contributed by atoms with Crippen molar-refractivity contribution < 1.29 is 23.6 Å². The van der Waals surface area contributed by atoms with Gasteiger partial charge in [0.15, 0.2) is 0 Å². The van der Waals surface area contributed by atoms with Gasteiger partial charge in [0.05, 0.1) is 24.3 Å². The van der Waals surface area contributed by atoms with E-state index in [-0.39, 0.29) is 29.9 Å². The minimum absolute atomic E-state index is 0.0160. The van der Waals surface area contributed by atoms with E-state index in [2.05, 4.69) is 22.3 Å². The van der Waals surface area contributed by atoms with Crippen molar-refractivity contribution in [1.29, 1.82) is 5.26 Å². The summed E-state index contributed by atoms with van der Waals surface area (Å²) in [5.74, 6) is 1.37. The summed E-state index contributed by atoms with van der Waals surface area (Å²) in [4.78, 5) is 31.1. The molecule has 2 aromatic carbocycles. The van der Waals surface area contributed by atoms with Gasteiger partial charge in [-0.3, -0.25) is 9.59 Å². The molecule has 3 aromatic rings. The fourth-order valence-electron chi connectivity index (χ4n) is 5.50. The second-order valence-corrected chi connectivity index (χ2v) is 9.89. The molecule has 2 aliphatic rings. The highest BCUT2D eigenvalue weighted by molar-refractivity contribution is 5.81. The van der Waals surface area contributed by atoms with E-state index in [0.717, 1.165) is 23.1 Å². The van der Waals surface area contributed by atoms with Crippen LogP contribution in [0.5, 0.6) is 5.75 Å². The van der Waals surface area contributed by atoms with Gasteiger partial charge in [0.25, 0.3) is 5.89 Å². The molecular formula is C31H36N4O5. The highest BCUT2D eigenvalue weighted by atomic mass is 16.5. The first-order valence-corrected chi connectivity index (χ1v) is 14.0. The van der Waals surface area contributed by atoms with Gasteiger partial charge < -0.3 is 18.9 Å². The number of rotatable bonds is 9. The SMILES string of the molecule is CC.CCOC(=O)CCCN1C(=O)CC2Cc3c(-c4noc(-c5ccc(OC(C)C)c(C#N)c5)n4)cccc3C21. The standard InChI is InChI=1S/C29H30N4O5.C2H6/c1-4-36-26(35)9-6-12-33-25(34)15-19-14-23-21(27(19)33)7-5-8-22(23)28-31-29(38-32-28)18-10-11-24(37-17(2)3)20(13-18)16-30;1-2/h5,7-8,10-11,13,17,19,27H,4,6,9,12,14-15H2,1-3H3;1-2H3. The molecule has 40 heavy (non-hydrogen) atoms. The average Bonchev–Trinajstić information content (AvgIpc) is 3.65. The summed E-state index contributed by atoms with van der Waals surface area (Å²) in [6, 6.07) is 13.4. The molecule has 1 aliphatic heterocycles. The number of ether oxygens (including phenoxy) is 2. The van der Waals surface area contributed by atoms with Gasteiger partial charge >= 0.3 is 5.97 Å². The number of hydrogen-bond acceptors (Lipinski definition) is 8. The van der Waals surface area contributed by atoms with Crippen LogP contribution in [0.25, 0.3) is 22.8 Å². The van der Waals surface area contributed by atoms with Crippen molar-refractivity contribution in [2.75, 3.05) is 13.2 Å². The van der Waals surface area contributed by atoms with Gasteiger partial charge in [0.2, 0.25) is 11.7 Å². The van der Waals surface area contributed by atoms with Crippen molar-refractivity contribution >= 4 is 11.9 Å². The van der Waals surface area contributed by atoms with Gasteiger partial charge in [0, 0.05) is 30.5 Å². The smallest absolute Gasteiger partial charge is 0.305 e. The van der Waals surface area contributed by atoms with Crippen LogP contribution < -0.4 is 4.74 Å². The minimum atomic E-state index is -0.235. The Labute approximate surface area is 235 Å². The first kappa shape index (κ1) is 28.8. The summed E-state index contributed by atoms with van der Waals surface area (Å²) < 4.78 is 16.3. The van der Waals surface area contributed by atoms with Gasteiger partial charge in [-0.15, -0.1) is 0 Å². The van der Waals surface area contributed by atoms with E-state index in [1.807, 2.05) is 44.7 Å². The van der Waals surface area contributed by atoms with Crippen molar-refractivity contribution in [3.05, 3.63) is 53.1 Å². The fourth-order valence-corrected chi connectivity index (χ4v) is 5.50. The van der Waals surface area contributed by atoms with E-state index in [0.29, 0.717) is 61.0 Å². The molecule has 0 N–H and O–H groups in total. The summed E-state index contributed by atoms with van der Waals surface area (Å²) in [5, 5.41) is 13.8. The van der Waals surface area contributed by atoms with Crippen LogP contribution in [0.3, 0.4) is 0 Å². The lowest BCUT2D eigenvalue weighted by molar-refractivity contribution is -0.143. The van der Waals surface area contributed by atoms with E-state index in [9.17, 15) is 14.9 Å². The number of likely N-dealkylation sites (tertiary alicyclic amines) is 1. The molecule has 1 aromatic heterocycles. The van der Waals surface area contributed by atoms with E-state index in [4.69, 9.17) is 14.0 Å². The summed E-state index contributed by atoms with van der Waals surface area (Å²) >= 11 is 0. The Bertz CT molecular complexity index is 1410. The zero-order chi connectivity index (χ0) is 28.8. The van der Waals surface area contributed by atoms with Gasteiger partial charge in [-0.05, 0) is 68.9 Å². The lowest BCUT2D eigenvalue weighted by Crippen LogP contribution is -2.29. The second-order valence-electron chi connectivity index (χ2n) is 9.89. The normalized spacial score (nSPS) is 17.1. The van der Waals surface area contributed by atoms with Crippen LogP contribution in [0.15, 0.2) is 40.9 Å². The number of fused-ring (bicyclic) bond motifs is 3. The Balaban J connectivity index is 0.00000181. The summed E-state index contributed by atoms with van der Waals surface area (Å²) in [5.41, 5.74) is 4.14. The van der Waals surface area contributed by atoms with Crippen molar-refractivity contribution in [2.24, 2.45) is 5.92 Å². The summed E-state index contributed by atoms with van der Waals surface area (Å²) in [6.07, 6.45) is 2.05. The second kappa shape index (κ2) is 12.8. The number of esters is 1. The Morgan fingerprint density at radius 2 is 2.02 bits per heavy atom. The van der Waals surface area contributed by atoms with E-state index < -0.39 is 0 Å². The third-order valence-electron chi connectivity index (χ3n) is 7.00. The number of amides is 1. The Morgan fingerprint density at radius 1 is 1.23 bits per heavy atom. The lowest BCUT2D eigenvalue weighted by atomic mass is 10.0. The maximum atomic E-state index is 12.8. The number of carbonyl (C=O) groups excluding carboxylic acids is 2. The predicted octanol–water partition coefficient (Wildman–Crippen LogP) is 5.88. The lowest BCUT2D eigenvalue weighted by Gasteiger charge is -2.25. The molecule has 2 heterocycles. The Hall–Kier alpha value is -4.19. The topological polar surface area (TPSA) is 119 Å². The van der Waals surface area contributed by atoms with Crippen molar-refractivity contribution in [1.82, 2.24) is 15.0 Å². The molecule has 1 fully saturated rings. The first-order chi connectivity index (χ1) is 19.4. The first-order valence-electron chi connectivity index (χ1n) is 14.0. The number of carbonyl (C=O) groups is 2. The van der Waals surface area contributed by atoms with Crippen LogP contribution in [0, 0.1) is 17.2 Å². The van der Waals surface area contributed by atoms with E-state index >= 15 is 0 Å². The fraction of sp³-hybridized carbons (Fsp3) is 0.452. The van der Waals surface area contributed by atoms with Crippen LogP contribution in [0.4, 0.5) is 0 Å². The maximum absolute atomic E-state index is 12.8. The molecule has 0 bridgehead atoms. The highest BCUT2D eigenvalue weighted by Gasteiger charge is 2.46. The molecule has 9 heteroatoms. The minimum Gasteiger partial charge on any atom is -0.490 e. The summed E-state index contributed by atoms with van der Waals surface area (Å²) in [7, 11) is 0. The zero-order valence-electron chi connectivity index (χ0n) is 23.8. The molecule has 0 radical (unpaired) electrons. The molecule has 1 saturated heterocycles. The number of benzene rings is 2. The van der Waals surface area contributed by atoms with Crippen LogP contribution in [0.1, 0.15) is 76.6 Å². The number of nitriles is 1. The Kier molecular flexibility index (Phi) is 9.20. The molecule has 210 valence electrons. The Morgan fingerprint density at radius 3 is 2.75 bits per heavy atom. The maximum Gasteiger partial charge on any atom is 0.305 e. The molecule has 1 aliphatic carbocycles. The summed E-state index contributed by atoms with van der Waals surface area (Å²) in [6.45, 7) is 10.5. The van der Waals surface area contributed by atoms with Crippen molar-refractivity contribution in [2.45, 2.75) is 72.4 Å². The van der Waals surface area contributed by atoms with Crippen LogP contribution in [-0.2, 0) is 20.7 Å². The largest absolute Gasteiger partial charge is 0.490 e. The van der Waals surface area contributed by atoms with Crippen LogP contribution >= 0.6 is 0 Å². The molecule has 9 nitrogen and oxygen atoms in total. The monoisotopic (exact) mass is 544 g/mol. The number of aromatic nitrogens is 2. The average molecular weight is 545 g/mol. The molecular weight excluding hydrogens is 508 g/mol.